The molecule has 0 saturated carbocycles. The Morgan fingerprint density at radius 2 is 1.57 bits per heavy atom. The Hall–Kier alpha value is -2.22. The van der Waals surface area contributed by atoms with Crippen molar-refractivity contribution < 1.29 is 14.9 Å². The van der Waals surface area contributed by atoms with E-state index in [2.05, 4.69) is 25.6 Å². The molecule has 1 fully saturated rings. The van der Waals surface area contributed by atoms with Crippen molar-refractivity contribution in [2.45, 2.75) is 103 Å². The third kappa shape index (κ3) is 8.64. The lowest BCUT2D eigenvalue weighted by Crippen LogP contribution is -2.42. The van der Waals surface area contributed by atoms with Crippen LogP contribution >= 0.6 is 22.7 Å². The predicted octanol–water partition coefficient (Wildman–Crippen LogP) is 3.70. The molecule has 0 radical (unpaired) electrons. The highest BCUT2D eigenvalue weighted by atomic mass is 32.1. The van der Waals surface area contributed by atoms with Crippen molar-refractivity contribution in [1.29, 1.82) is 0 Å². The van der Waals surface area contributed by atoms with Gasteiger partial charge < -0.3 is 14.9 Å². The molecule has 2 N–H and O–H groups in total. The van der Waals surface area contributed by atoms with Crippen LogP contribution in [0.5, 0.6) is 0 Å². The molecule has 4 heterocycles. The molecule has 1 aliphatic rings. The molecule has 3 atom stereocenters. The first-order chi connectivity index (χ1) is 19.5. The Morgan fingerprint density at radius 3 is 2.12 bits per heavy atom. The Morgan fingerprint density at radius 1 is 0.975 bits per heavy atom. The fraction of sp³-hybridized carbons (Fsp3) is 0.643. The molecule has 1 aliphatic heterocycles. The summed E-state index contributed by atoms with van der Waals surface area (Å²) in [5, 5.41) is 23.6. The van der Waals surface area contributed by atoms with E-state index in [1.54, 1.807) is 29.6 Å². The second kappa shape index (κ2) is 15.7. The standard InChI is InChI=1S/C28H41N5O5S2/c1-21-13-33(26-12-24(35)25(16-34)38-26)28(37)32(27(21)36)11-9-7-5-3-2-4-6-8-10-31(14-22-17-39-19-29-22)15-23-18-40-20-30-23/h13,17-20,24-26,34-35H,2-12,14-16H2,1H3/t24-,25+,26+/m0/s1. The second-order valence-corrected chi connectivity index (χ2v) is 12.0. The van der Waals surface area contributed by atoms with Crippen LogP contribution < -0.4 is 11.2 Å². The molecule has 0 aromatic carbocycles. The van der Waals surface area contributed by atoms with Gasteiger partial charge in [-0.25, -0.2) is 14.8 Å². The highest BCUT2D eigenvalue weighted by Gasteiger charge is 2.35. The quantitative estimate of drug-likeness (QED) is 0.228. The summed E-state index contributed by atoms with van der Waals surface area (Å²) in [5.74, 6) is 0. The van der Waals surface area contributed by atoms with Crippen molar-refractivity contribution in [3.8, 4) is 0 Å². The number of hydrogen-bond acceptors (Lipinski definition) is 10. The molecular formula is C28H41N5O5S2. The zero-order chi connectivity index (χ0) is 28.3. The van der Waals surface area contributed by atoms with Crippen LogP contribution in [0, 0.1) is 6.92 Å². The van der Waals surface area contributed by atoms with E-state index in [1.807, 2.05) is 11.0 Å². The summed E-state index contributed by atoms with van der Waals surface area (Å²) in [6.45, 7) is 4.48. The summed E-state index contributed by atoms with van der Waals surface area (Å²) in [4.78, 5) is 37.0. The number of nitrogens with zero attached hydrogens (tertiary/aromatic N) is 5. The van der Waals surface area contributed by atoms with Gasteiger partial charge in [0, 0.05) is 48.6 Å². The monoisotopic (exact) mass is 591 g/mol. The molecule has 1 saturated heterocycles. The third-order valence-electron chi connectivity index (χ3n) is 7.41. The first-order valence-electron chi connectivity index (χ1n) is 14.2. The molecule has 0 amide bonds. The number of aryl methyl sites for hydroxylation is 1. The van der Waals surface area contributed by atoms with Gasteiger partial charge in [-0.1, -0.05) is 38.5 Å². The number of ether oxygens (including phenoxy) is 1. The van der Waals surface area contributed by atoms with Gasteiger partial charge in [0.1, 0.15) is 12.3 Å². The molecule has 0 spiro atoms. The van der Waals surface area contributed by atoms with Crippen molar-refractivity contribution in [1.82, 2.24) is 24.0 Å². The Bertz CT molecular complexity index is 1220. The fourth-order valence-corrected chi connectivity index (χ4v) is 6.28. The minimum Gasteiger partial charge on any atom is -0.394 e. The average molecular weight is 592 g/mol. The second-order valence-electron chi connectivity index (χ2n) is 10.6. The molecule has 4 rings (SSSR count). The van der Waals surface area contributed by atoms with Crippen LogP contribution in [0.1, 0.15) is 81.0 Å². The molecular weight excluding hydrogens is 550 g/mol. The highest BCUT2D eigenvalue weighted by Crippen LogP contribution is 2.27. The van der Waals surface area contributed by atoms with E-state index in [4.69, 9.17) is 4.74 Å². The number of aliphatic hydroxyl groups is 2. The van der Waals surface area contributed by atoms with Gasteiger partial charge in [0.05, 0.1) is 35.1 Å². The minimum atomic E-state index is -0.839. The SMILES string of the molecule is Cc1cn([C@H]2C[C@H](O)[C@@H](CO)O2)c(=O)n(CCCCCCCCCCN(Cc2cscn2)Cc2cscn2)c1=O. The van der Waals surface area contributed by atoms with E-state index in [1.165, 1.54) is 34.6 Å². The van der Waals surface area contributed by atoms with Crippen molar-refractivity contribution in [2.75, 3.05) is 13.2 Å². The van der Waals surface area contributed by atoms with Gasteiger partial charge in [-0.2, -0.15) is 0 Å². The van der Waals surface area contributed by atoms with Crippen LogP contribution in [0.25, 0.3) is 0 Å². The largest absolute Gasteiger partial charge is 0.394 e. The van der Waals surface area contributed by atoms with Crippen LogP contribution in [0.4, 0.5) is 0 Å². The summed E-state index contributed by atoms with van der Waals surface area (Å²) < 4.78 is 8.29. The minimum absolute atomic E-state index is 0.207. The van der Waals surface area contributed by atoms with Crippen LogP contribution in [0.2, 0.25) is 0 Å². The van der Waals surface area contributed by atoms with Crippen LogP contribution in [-0.4, -0.2) is 59.6 Å². The van der Waals surface area contributed by atoms with Crippen LogP contribution in [0.15, 0.2) is 37.6 Å². The van der Waals surface area contributed by atoms with Gasteiger partial charge in [-0.05, 0) is 26.3 Å². The van der Waals surface area contributed by atoms with Gasteiger partial charge in [0.15, 0.2) is 0 Å². The normalized spacial score (nSPS) is 19.1. The lowest BCUT2D eigenvalue weighted by Gasteiger charge is -2.20. The topological polar surface area (TPSA) is 123 Å². The van der Waals surface area contributed by atoms with E-state index < -0.39 is 24.1 Å². The first-order valence-corrected chi connectivity index (χ1v) is 16.1. The third-order valence-corrected chi connectivity index (χ3v) is 8.68. The van der Waals surface area contributed by atoms with Crippen molar-refractivity contribution in [3.63, 3.8) is 0 Å². The zero-order valence-corrected chi connectivity index (χ0v) is 24.8. The summed E-state index contributed by atoms with van der Waals surface area (Å²) in [7, 11) is 0. The lowest BCUT2D eigenvalue weighted by molar-refractivity contribution is -0.0464. The fourth-order valence-electron chi connectivity index (χ4n) is 5.18. The van der Waals surface area contributed by atoms with Gasteiger partial charge >= 0.3 is 5.69 Å². The first kappa shape index (κ1) is 30.7. The summed E-state index contributed by atoms with van der Waals surface area (Å²) in [5.41, 5.74) is 5.76. The smallest absolute Gasteiger partial charge is 0.333 e. The summed E-state index contributed by atoms with van der Waals surface area (Å²) in [6.07, 6.45) is 8.12. The molecule has 0 bridgehead atoms. The van der Waals surface area contributed by atoms with Crippen molar-refractivity contribution >= 4 is 22.7 Å². The van der Waals surface area contributed by atoms with Gasteiger partial charge in [0.2, 0.25) is 0 Å². The van der Waals surface area contributed by atoms with Gasteiger partial charge in [0.25, 0.3) is 5.56 Å². The van der Waals surface area contributed by atoms with Gasteiger partial charge in [-0.15, -0.1) is 22.7 Å². The zero-order valence-electron chi connectivity index (χ0n) is 23.2. The van der Waals surface area contributed by atoms with E-state index in [0.29, 0.717) is 12.1 Å². The number of aliphatic hydroxyl groups excluding tert-OH is 2. The van der Waals surface area contributed by atoms with E-state index in [-0.39, 0.29) is 18.6 Å². The highest BCUT2D eigenvalue weighted by molar-refractivity contribution is 7.07. The molecule has 12 heteroatoms. The number of rotatable bonds is 17. The maximum atomic E-state index is 13.0. The van der Waals surface area contributed by atoms with Crippen LogP contribution in [-0.2, 0) is 24.4 Å². The Labute approximate surface area is 242 Å². The summed E-state index contributed by atoms with van der Waals surface area (Å²) in [6, 6.07) is 0. The molecule has 0 unspecified atom stereocenters. The number of unbranched alkanes of at least 4 members (excludes halogenated alkanes) is 7. The number of hydrogen-bond donors (Lipinski definition) is 2. The van der Waals surface area contributed by atoms with E-state index in [9.17, 15) is 19.8 Å². The molecule has 40 heavy (non-hydrogen) atoms. The van der Waals surface area contributed by atoms with E-state index >= 15 is 0 Å². The molecule has 220 valence electrons. The van der Waals surface area contributed by atoms with E-state index in [0.717, 1.165) is 63.1 Å². The summed E-state index contributed by atoms with van der Waals surface area (Å²) >= 11 is 3.27. The maximum absolute atomic E-state index is 13.0. The Balaban J connectivity index is 1.13. The van der Waals surface area contributed by atoms with Crippen molar-refractivity contribution in [3.05, 3.63) is 65.8 Å². The Kier molecular flexibility index (Phi) is 12.1. The molecule has 3 aromatic rings. The van der Waals surface area contributed by atoms with Crippen LogP contribution in [0.3, 0.4) is 0 Å². The molecule has 0 aliphatic carbocycles. The number of thiazole rings is 2. The average Bonchev–Trinajstić information content (AvgIpc) is 3.72. The van der Waals surface area contributed by atoms with Crippen molar-refractivity contribution in [2.24, 2.45) is 0 Å². The van der Waals surface area contributed by atoms with Gasteiger partial charge in [-0.3, -0.25) is 18.8 Å². The molecule has 3 aromatic heterocycles. The predicted molar refractivity (Wildman–Crippen MR) is 157 cm³/mol. The number of aromatic nitrogens is 4. The molecule has 10 nitrogen and oxygen atoms in total. The lowest BCUT2D eigenvalue weighted by atomic mass is 10.1. The maximum Gasteiger partial charge on any atom is 0.333 e.